The van der Waals surface area contributed by atoms with Gasteiger partial charge in [0.2, 0.25) is 0 Å². The van der Waals surface area contributed by atoms with Crippen LogP contribution in [0.15, 0.2) is 24.5 Å². The molecule has 10 heteroatoms. The molecule has 5 rings (SSSR count). The molecule has 0 spiro atoms. The van der Waals surface area contributed by atoms with Crippen LogP contribution in [0.1, 0.15) is 68.1 Å². The number of fused-ring (bicyclic) bond motifs is 1. The summed E-state index contributed by atoms with van der Waals surface area (Å²) in [6, 6.07) is 6.03. The van der Waals surface area contributed by atoms with Gasteiger partial charge in [0, 0.05) is 30.4 Å². The molecule has 2 aliphatic rings. The molecule has 2 aromatic heterocycles. The molecule has 3 heterocycles. The van der Waals surface area contributed by atoms with E-state index < -0.39 is 11.8 Å². The highest BCUT2D eigenvalue weighted by Crippen LogP contribution is 2.37. The van der Waals surface area contributed by atoms with E-state index in [0.717, 1.165) is 22.6 Å². The van der Waals surface area contributed by atoms with Gasteiger partial charge < -0.3 is 24.6 Å². The van der Waals surface area contributed by atoms with Crippen LogP contribution in [-0.4, -0.2) is 63.4 Å². The van der Waals surface area contributed by atoms with Crippen molar-refractivity contribution in [3.63, 3.8) is 0 Å². The number of aromatic nitrogens is 3. The van der Waals surface area contributed by atoms with Crippen LogP contribution < -0.4 is 10.1 Å². The number of rotatable bonds is 7. The molecule has 3 aromatic rings. The lowest BCUT2D eigenvalue weighted by Crippen LogP contribution is -2.45. The molecule has 0 atom stereocenters. The lowest BCUT2D eigenvalue weighted by atomic mass is 10.0. The number of amides is 1. The van der Waals surface area contributed by atoms with Gasteiger partial charge in [0.05, 0.1) is 17.7 Å². The van der Waals surface area contributed by atoms with Gasteiger partial charge in [-0.2, -0.15) is 0 Å². The van der Waals surface area contributed by atoms with E-state index in [1.54, 1.807) is 25.8 Å². The summed E-state index contributed by atoms with van der Waals surface area (Å²) in [5.41, 5.74) is 4.60. The number of hydrogen-bond acceptors (Lipinski definition) is 8. The number of piperidine rings is 1. The number of nitrogens with one attached hydrogen (secondary N) is 2. The minimum atomic E-state index is -0.718. The number of carbonyl (C=O) groups excluding carboxylic acids is 2. The van der Waals surface area contributed by atoms with Gasteiger partial charge in [0.15, 0.2) is 0 Å². The number of ether oxygens (including phenoxy) is 2. The quantitative estimate of drug-likeness (QED) is 0.402. The molecule has 10 nitrogen and oxygen atoms in total. The molecule has 1 amide bonds. The van der Waals surface area contributed by atoms with Crippen LogP contribution in [0.3, 0.4) is 0 Å². The van der Waals surface area contributed by atoms with Crippen molar-refractivity contribution in [2.75, 3.05) is 19.7 Å². The first-order valence-electron chi connectivity index (χ1n) is 13.6. The topological polar surface area (TPSA) is 119 Å². The number of benzene rings is 1. The van der Waals surface area contributed by atoms with Gasteiger partial charge in [0.1, 0.15) is 28.9 Å². The van der Waals surface area contributed by atoms with Crippen LogP contribution in [-0.2, 0) is 9.57 Å². The second-order valence-electron chi connectivity index (χ2n) is 11.6. The van der Waals surface area contributed by atoms with E-state index in [0.29, 0.717) is 60.7 Å². The Balaban J connectivity index is 1.30. The van der Waals surface area contributed by atoms with E-state index in [9.17, 15) is 9.59 Å². The van der Waals surface area contributed by atoms with Crippen LogP contribution in [0.25, 0.3) is 22.3 Å². The minimum Gasteiger partial charge on any atom is -0.493 e. The van der Waals surface area contributed by atoms with E-state index in [-0.39, 0.29) is 11.9 Å². The fourth-order valence-corrected chi connectivity index (χ4v) is 4.77. The van der Waals surface area contributed by atoms with Crippen LogP contribution >= 0.6 is 0 Å². The van der Waals surface area contributed by atoms with Gasteiger partial charge >= 0.3 is 6.16 Å². The van der Waals surface area contributed by atoms with E-state index in [2.05, 4.69) is 26.3 Å². The molecule has 1 saturated carbocycles. The van der Waals surface area contributed by atoms with Gasteiger partial charge in [-0.15, -0.1) is 5.06 Å². The zero-order chi connectivity index (χ0) is 27.7. The highest BCUT2D eigenvalue weighted by atomic mass is 16.8. The Morgan fingerprint density at radius 1 is 1.10 bits per heavy atom. The maximum absolute atomic E-state index is 13.4. The van der Waals surface area contributed by atoms with Crippen molar-refractivity contribution in [2.24, 2.45) is 5.92 Å². The molecule has 0 unspecified atom stereocenters. The number of H-pyrrole nitrogens is 1. The number of hydroxylamine groups is 2. The maximum Gasteiger partial charge on any atom is 0.528 e. The number of aromatic amines is 1. The summed E-state index contributed by atoms with van der Waals surface area (Å²) in [6.07, 6.45) is 4.49. The molecule has 0 bridgehead atoms. The summed E-state index contributed by atoms with van der Waals surface area (Å²) in [5.74, 6) is 1.22. The van der Waals surface area contributed by atoms with Crippen LogP contribution in [0.2, 0.25) is 0 Å². The zero-order valence-electron chi connectivity index (χ0n) is 23.3. The summed E-state index contributed by atoms with van der Waals surface area (Å²) in [4.78, 5) is 43.2. The molecule has 39 heavy (non-hydrogen) atoms. The fourth-order valence-electron chi connectivity index (χ4n) is 4.77. The van der Waals surface area contributed by atoms with Crippen LogP contribution in [0, 0.1) is 19.8 Å². The van der Waals surface area contributed by atoms with Crippen LogP contribution in [0.5, 0.6) is 5.75 Å². The second kappa shape index (κ2) is 10.8. The van der Waals surface area contributed by atoms with Gasteiger partial charge in [-0.1, -0.05) is 11.6 Å². The molecule has 1 aliphatic heterocycles. The SMILES string of the molecule is Cc1ccc(OCC2CC2)c(-c2ncnc3c(C(=O)NC4CCN(OC(=O)OC(C)(C)C)CC4)c(C)[nH]c23)c1. The van der Waals surface area contributed by atoms with Crippen molar-refractivity contribution < 1.29 is 23.9 Å². The number of hydrogen-bond donors (Lipinski definition) is 2. The lowest BCUT2D eigenvalue weighted by molar-refractivity contribution is -0.152. The maximum atomic E-state index is 13.4. The Kier molecular flexibility index (Phi) is 7.48. The highest BCUT2D eigenvalue weighted by molar-refractivity contribution is 6.09. The highest BCUT2D eigenvalue weighted by Gasteiger charge is 2.28. The van der Waals surface area contributed by atoms with Crippen molar-refractivity contribution in [3.05, 3.63) is 41.3 Å². The first-order chi connectivity index (χ1) is 18.6. The minimum absolute atomic E-state index is 0.0548. The number of aryl methyl sites for hydroxylation is 2. The number of carbonyl (C=O) groups is 2. The molecule has 1 aromatic carbocycles. The second-order valence-corrected chi connectivity index (χ2v) is 11.6. The van der Waals surface area contributed by atoms with E-state index in [4.69, 9.17) is 14.3 Å². The van der Waals surface area contributed by atoms with Gasteiger partial charge in [-0.3, -0.25) is 4.79 Å². The van der Waals surface area contributed by atoms with Crippen molar-refractivity contribution in [3.8, 4) is 17.0 Å². The summed E-state index contributed by atoms with van der Waals surface area (Å²) in [5, 5.41) is 4.72. The third-order valence-corrected chi connectivity index (χ3v) is 6.94. The van der Waals surface area contributed by atoms with E-state index >= 15 is 0 Å². The summed E-state index contributed by atoms with van der Waals surface area (Å²) >= 11 is 0. The third-order valence-electron chi connectivity index (χ3n) is 6.94. The predicted octanol–water partition coefficient (Wildman–Crippen LogP) is 5.09. The number of nitrogens with zero attached hydrogens (tertiary/aromatic N) is 3. The van der Waals surface area contributed by atoms with Gasteiger partial charge in [0.25, 0.3) is 5.91 Å². The van der Waals surface area contributed by atoms with Crippen LogP contribution in [0.4, 0.5) is 4.79 Å². The fraction of sp³-hybridized carbons (Fsp3) is 0.517. The van der Waals surface area contributed by atoms with Crippen molar-refractivity contribution in [2.45, 2.75) is 71.9 Å². The molecule has 2 N–H and O–H groups in total. The molecular weight excluding hydrogens is 498 g/mol. The standard InChI is InChI=1S/C29H37N5O5/c1-17-6-9-22(37-15-19-7-8-19)21(14-17)24-26-25(31-16-30-24)23(18(2)32-26)27(35)33-20-10-12-34(13-11-20)39-28(36)38-29(3,4)5/h6,9,14,16,19-20,32H,7-8,10-13,15H2,1-5H3,(H,33,35). The lowest BCUT2D eigenvalue weighted by Gasteiger charge is -2.31. The molecule has 2 fully saturated rings. The molecular formula is C29H37N5O5. The van der Waals surface area contributed by atoms with Crippen molar-refractivity contribution >= 4 is 23.1 Å². The molecule has 1 saturated heterocycles. The van der Waals surface area contributed by atoms with Crippen molar-refractivity contribution in [1.29, 1.82) is 0 Å². The smallest absolute Gasteiger partial charge is 0.493 e. The first-order valence-corrected chi connectivity index (χ1v) is 13.6. The Morgan fingerprint density at radius 3 is 2.54 bits per heavy atom. The van der Waals surface area contributed by atoms with Crippen molar-refractivity contribution in [1.82, 2.24) is 25.3 Å². The third kappa shape index (κ3) is 6.50. The zero-order valence-corrected chi connectivity index (χ0v) is 23.3. The molecule has 0 radical (unpaired) electrons. The first kappa shape index (κ1) is 26.9. The normalized spacial score (nSPS) is 16.7. The summed E-state index contributed by atoms with van der Waals surface area (Å²) < 4.78 is 11.4. The van der Waals surface area contributed by atoms with E-state index in [1.807, 2.05) is 26.0 Å². The predicted molar refractivity (Wildman–Crippen MR) is 146 cm³/mol. The average molecular weight is 536 g/mol. The Morgan fingerprint density at radius 2 is 1.85 bits per heavy atom. The Bertz CT molecular complexity index is 1370. The van der Waals surface area contributed by atoms with Gasteiger partial charge in [-0.25, -0.2) is 14.8 Å². The summed E-state index contributed by atoms with van der Waals surface area (Å²) in [6.45, 7) is 11.0. The van der Waals surface area contributed by atoms with Gasteiger partial charge in [-0.05, 0) is 78.4 Å². The van der Waals surface area contributed by atoms with E-state index in [1.165, 1.54) is 19.2 Å². The monoisotopic (exact) mass is 535 g/mol. The summed E-state index contributed by atoms with van der Waals surface area (Å²) in [7, 11) is 0. The average Bonchev–Trinajstić information content (AvgIpc) is 3.62. The Hall–Kier alpha value is -3.66. The molecule has 208 valence electrons. The Labute approximate surface area is 228 Å². The molecule has 1 aliphatic carbocycles. The largest absolute Gasteiger partial charge is 0.528 e.